The van der Waals surface area contributed by atoms with Gasteiger partial charge in [0, 0.05) is 4.90 Å². The van der Waals surface area contributed by atoms with E-state index in [4.69, 9.17) is 14.2 Å². The highest BCUT2D eigenvalue weighted by atomic mass is 32.2. The second kappa shape index (κ2) is 10.5. The summed E-state index contributed by atoms with van der Waals surface area (Å²) >= 11 is 1.17. The zero-order valence-corrected chi connectivity index (χ0v) is 21.4. The Balaban J connectivity index is 1.62. The molecule has 186 valence electrons. The van der Waals surface area contributed by atoms with Gasteiger partial charge in [-0.15, -0.1) is 0 Å². The molecule has 1 N–H and O–H groups in total. The Labute approximate surface area is 213 Å². The van der Waals surface area contributed by atoms with Crippen molar-refractivity contribution in [2.24, 2.45) is 0 Å². The van der Waals surface area contributed by atoms with Gasteiger partial charge in [-0.2, -0.15) is 0 Å². The van der Waals surface area contributed by atoms with E-state index in [1.807, 2.05) is 0 Å². The smallest absolute Gasteiger partial charge is 0.337 e. The maximum absolute atomic E-state index is 13.3. The summed E-state index contributed by atoms with van der Waals surface area (Å²) in [5.41, 5.74) is 2.05. The largest absolute Gasteiger partial charge is 0.496 e. The second-order valence-electron chi connectivity index (χ2n) is 7.74. The van der Waals surface area contributed by atoms with Gasteiger partial charge in [-0.3, -0.25) is 4.79 Å². The fourth-order valence-corrected chi connectivity index (χ4v) is 6.13. The van der Waals surface area contributed by atoms with Gasteiger partial charge in [0.1, 0.15) is 11.5 Å². The summed E-state index contributed by atoms with van der Waals surface area (Å²) in [6.45, 7) is 0. The number of sulfone groups is 1. The Kier molecular flexibility index (Phi) is 7.37. The molecule has 0 fully saturated rings. The molecule has 1 amide bonds. The Morgan fingerprint density at radius 1 is 0.972 bits per heavy atom. The number of amides is 1. The van der Waals surface area contributed by atoms with Crippen LogP contribution in [0.4, 0.5) is 5.69 Å². The van der Waals surface area contributed by atoms with Crippen LogP contribution in [0.5, 0.6) is 11.5 Å². The van der Waals surface area contributed by atoms with Crippen molar-refractivity contribution < 1.29 is 32.2 Å². The van der Waals surface area contributed by atoms with Crippen LogP contribution in [0.3, 0.4) is 0 Å². The summed E-state index contributed by atoms with van der Waals surface area (Å²) in [6.07, 6.45) is 1.67. The molecule has 0 spiro atoms. The molecule has 10 heteroatoms. The Morgan fingerprint density at radius 2 is 1.64 bits per heavy atom. The molecule has 36 heavy (non-hydrogen) atoms. The normalized spacial score (nSPS) is 14.1. The highest BCUT2D eigenvalue weighted by molar-refractivity contribution is 8.04. The average molecular weight is 526 g/mol. The highest BCUT2D eigenvalue weighted by Crippen LogP contribution is 2.41. The van der Waals surface area contributed by atoms with Gasteiger partial charge in [-0.05, 0) is 54.1 Å². The van der Waals surface area contributed by atoms with E-state index in [-0.39, 0.29) is 16.6 Å². The average Bonchev–Trinajstić information content (AvgIpc) is 2.88. The third-order valence-corrected chi connectivity index (χ3v) is 8.22. The molecule has 0 saturated heterocycles. The lowest BCUT2D eigenvalue weighted by molar-refractivity contribution is -0.112. The number of hydrogen-bond acceptors (Lipinski definition) is 8. The summed E-state index contributed by atoms with van der Waals surface area (Å²) in [6, 6.07) is 16.3. The summed E-state index contributed by atoms with van der Waals surface area (Å²) in [7, 11) is 0.483. The Bertz CT molecular complexity index is 1440. The van der Waals surface area contributed by atoms with Crippen molar-refractivity contribution in [1.29, 1.82) is 0 Å². The molecule has 3 aromatic carbocycles. The van der Waals surface area contributed by atoms with E-state index in [0.29, 0.717) is 43.7 Å². The molecular weight excluding hydrogens is 502 g/mol. The van der Waals surface area contributed by atoms with E-state index in [0.717, 1.165) is 0 Å². The SMILES string of the molecule is COC(=O)c1ccc(C=C2Sc3cc(S(=O)(=O)Cc4c(OC)cccc4OC)ccc3NC2=O)cc1. The molecule has 0 bridgehead atoms. The van der Waals surface area contributed by atoms with Gasteiger partial charge in [-0.25, -0.2) is 13.2 Å². The summed E-state index contributed by atoms with van der Waals surface area (Å²) in [5, 5.41) is 2.80. The van der Waals surface area contributed by atoms with E-state index < -0.39 is 15.8 Å². The van der Waals surface area contributed by atoms with Gasteiger partial charge in [0.05, 0.1) is 53.7 Å². The molecule has 1 aliphatic rings. The van der Waals surface area contributed by atoms with Crippen LogP contribution in [0, 0.1) is 0 Å². The second-order valence-corrected chi connectivity index (χ2v) is 10.8. The van der Waals surface area contributed by atoms with Crippen molar-refractivity contribution in [2.45, 2.75) is 15.5 Å². The lowest BCUT2D eigenvalue weighted by Crippen LogP contribution is -2.17. The topological polar surface area (TPSA) is 108 Å². The van der Waals surface area contributed by atoms with Crippen LogP contribution in [0.2, 0.25) is 0 Å². The first-order chi connectivity index (χ1) is 17.2. The lowest BCUT2D eigenvalue weighted by atomic mass is 10.1. The standard InChI is InChI=1S/C26H23NO7S2/c1-32-21-5-4-6-22(33-2)19(21)15-36(30,31)18-11-12-20-23(14-18)35-24(25(28)27-20)13-16-7-9-17(10-8-16)26(29)34-3/h4-14H,15H2,1-3H3,(H,27,28). The van der Waals surface area contributed by atoms with Gasteiger partial charge < -0.3 is 19.5 Å². The van der Waals surface area contributed by atoms with Crippen LogP contribution in [0.15, 0.2) is 75.4 Å². The fraction of sp³-hybridized carbons (Fsp3) is 0.154. The minimum absolute atomic E-state index is 0.111. The van der Waals surface area contributed by atoms with E-state index in [1.54, 1.807) is 60.7 Å². The predicted molar refractivity (Wildman–Crippen MR) is 137 cm³/mol. The van der Waals surface area contributed by atoms with Crippen LogP contribution in [0.25, 0.3) is 6.08 Å². The zero-order valence-electron chi connectivity index (χ0n) is 19.7. The van der Waals surface area contributed by atoms with Crippen LogP contribution in [-0.4, -0.2) is 41.6 Å². The van der Waals surface area contributed by atoms with Crippen molar-refractivity contribution in [3.05, 3.63) is 82.3 Å². The number of carbonyl (C=O) groups is 2. The van der Waals surface area contributed by atoms with E-state index in [2.05, 4.69) is 5.32 Å². The molecule has 0 unspecified atom stereocenters. The van der Waals surface area contributed by atoms with Crippen LogP contribution in [0.1, 0.15) is 21.5 Å². The number of thioether (sulfide) groups is 1. The Hall–Kier alpha value is -3.76. The van der Waals surface area contributed by atoms with E-state index in [9.17, 15) is 18.0 Å². The molecule has 1 aliphatic heterocycles. The van der Waals surface area contributed by atoms with Crippen LogP contribution < -0.4 is 14.8 Å². The maximum Gasteiger partial charge on any atom is 0.337 e. The third-order valence-electron chi connectivity index (χ3n) is 5.50. The molecule has 0 aliphatic carbocycles. The number of esters is 1. The predicted octanol–water partition coefficient (Wildman–Crippen LogP) is 4.55. The first kappa shape index (κ1) is 25.3. The maximum atomic E-state index is 13.3. The van der Waals surface area contributed by atoms with Gasteiger partial charge in [0.25, 0.3) is 5.91 Å². The highest BCUT2D eigenvalue weighted by Gasteiger charge is 2.26. The molecule has 3 aromatic rings. The van der Waals surface area contributed by atoms with Gasteiger partial charge >= 0.3 is 5.97 Å². The number of hydrogen-bond donors (Lipinski definition) is 1. The minimum Gasteiger partial charge on any atom is -0.496 e. The molecular formula is C26H23NO7S2. The number of anilines is 1. The zero-order chi connectivity index (χ0) is 25.9. The number of ether oxygens (including phenoxy) is 3. The van der Waals surface area contributed by atoms with Crippen molar-refractivity contribution in [2.75, 3.05) is 26.6 Å². The quantitative estimate of drug-likeness (QED) is 0.354. The monoisotopic (exact) mass is 525 g/mol. The van der Waals surface area contributed by atoms with Crippen molar-refractivity contribution in [3.8, 4) is 11.5 Å². The third kappa shape index (κ3) is 5.24. The minimum atomic E-state index is -3.77. The molecule has 1 heterocycles. The van der Waals surface area contributed by atoms with Crippen LogP contribution in [-0.2, 0) is 25.1 Å². The first-order valence-corrected chi connectivity index (χ1v) is 13.2. The molecule has 0 radical (unpaired) electrons. The van der Waals surface area contributed by atoms with Crippen molar-refractivity contribution >= 4 is 45.2 Å². The number of methoxy groups -OCH3 is 3. The summed E-state index contributed by atoms with van der Waals surface area (Å²) < 4.78 is 42.0. The molecule has 0 aromatic heterocycles. The molecule has 0 atom stereocenters. The first-order valence-electron chi connectivity index (χ1n) is 10.7. The summed E-state index contributed by atoms with van der Waals surface area (Å²) in [4.78, 5) is 25.4. The lowest BCUT2D eigenvalue weighted by Gasteiger charge is -2.20. The van der Waals surface area contributed by atoms with Crippen molar-refractivity contribution in [3.63, 3.8) is 0 Å². The molecule has 0 saturated carbocycles. The van der Waals surface area contributed by atoms with E-state index >= 15 is 0 Å². The number of nitrogens with one attached hydrogen (secondary N) is 1. The summed E-state index contributed by atoms with van der Waals surface area (Å²) in [5.74, 6) is -0.237. The van der Waals surface area contributed by atoms with Crippen molar-refractivity contribution in [1.82, 2.24) is 0 Å². The number of benzene rings is 3. The van der Waals surface area contributed by atoms with Crippen LogP contribution >= 0.6 is 11.8 Å². The molecule has 8 nitrogen and oxygen atoms in total. The number of fused-ring (bicyclic) bond motifs is 1. The molecule has 4 rings (SSSR count). The fourth-order valence-electron chi connectivity index (χ4n) is 3.66. The Morgan fingerprint density at radius 3 is 2.25 bits per heavy atom. The van der Waals surface area contributed by atoms with Gasteiger partial charge in [0.2, 0.25) is 0 Å². The van der Waals surface area contributed by atoms with E-state index in [1.165, 1.54) is 39.2 Å². The number of carbonyl (C=O) groups excluding carboxylic acids is 2. The van der Waals surface area contributed by atoms with Gasteiger partial charge in [0.15, 0.2) is 9.84 Å². The van der Waals surface area contributed by atoms with Gasteiger partial charge in [-0.1, -0.05) is 30.0 Å². The number of rotatable bonds is 7.